The zero-order valence-corrected chi connectivity index (χ0v) is 8.61. The van der Waals surface area contributed by atoms with Crippen LogP contribution in [-0.2, 0) is 10.0 Å². The van der Waals surface area contributed by atoms with Crippen LogP contribution in [0.1, 0.15) is 0 Å². The Hall–Kier alpha value is -1.25. The van der Waals surface area contributed by atoms with Crippen molar-refractivity contribution in [3.8, 4) is 0 Å². The molecule has 0 aliphatic rings. The number of hydrazine groups is 1. The van der Waals surface area contributed by atoms with Crippen molar-refractivity contribution in [2.75, 3.05) is 19.8 Å². The van der Waals surface area contributed by atoms with E-state index in [1.807, 2.05) is 0 Å². The number of nitrogens with two attached hydrogens (primary N) is 1. The van der Waals surface area contributed by atoms with E-state index in [9.17, 15) is 8.42 Å². The number of nitrogens with zero attached hydrogens (tertiary/aromatic N) is 3. The van der Waals surface area contributed by atoms with Crippen molar-refractivity contribution in [1.29, 1.82) is 0 Å². The van der Waals surface area contributed by atoms with Crippen LogP contribution in [0, 0.1) is 0 Å². The summed E-state index contributed by atoms with van der Waals surface area (Å²) < 4.78 is 23.0. The molecule has 0 amide bonds. The first-order valence-electron chi connectivity index (χ1n) is 3.69. The lowest BCUT2D eigenvalue weighted by atomic mass is 10.7. The largest absolute Gasteiger partial charge is 0.368 e. The normalized spacial score (nSPS) is 11.9. The first-order valence-corrected chi connectivity index (χ1v) is 5.17. The molecule has 0 fully saturated rings. The van der Waals surface area contributed by atoms with Crippen LogP contribution in [0.2, 0.25) is 0 Å². The Morgan fingerprint density at radius 1 is 1.36 bits per heavy atom. The zero-order chi connectivity index (χ0) is 10.8. The Balaban J connectivity index is 2.99. The molecule has 78 valence electrons. The van der Waals surface area contributed by atoms with Crippen molar-refractivity contribution in [2.45, 2.75) is 4.90 Å². The smallest absolute Gasteiger partial charge is 0.256 e. The Kier molecular flexibility index (Phi) is 2.99. The second-order valence-electron chi connectivity index (χ2n) is 2.77. The van der Waals surface area contributed by atoms with Crippen LogP contribution < -0.4 is 10.6 Å². The third kappa shape index (κ3) is 2.62. The molecule has 3 N–H and O–H groups in total. The highest BCUT2D eigenvalue weighted by Crippen LogP contribution is 2.05. The summed E-state index contributed by atoms with van der Waals surface area (Å²) in [6.07, 6.45) is 2.29. The molecule has 0 spiro atoms. The van der Waals surface area contributed by atoms with E-state index in [1.54, 1.807) is 14.1 Å². The van der Waals surface area contributed by atoms with Crippen molar-refractivity contribution in [1.82, 2.24) is 19.8 Å². The highest BCUT2D eigenvalue weighted by Gasteiger charge is 2.15. The van der Waals surface area contributed by atoms with Gasteiger partial charge >= 0.3 is 0 Å². The third-order valence-electron chi connectivity index (χ3n) is 1.26. The molecule has 0 aromatic carbocycles. The molecular weight excluding hydrogens is 206 g/mol. The molecule has 0 aliphatic heterocycles. The molecule has 7 nitrogen and oxygen atoms in total. The molecule has 0 atom stereocenters. The first-order chi connectivity index (χ1) is 6.42. The molecule has 1 heterocycles. The van der Waals surface area contributed by atoms with E-state index in [0.717, 1.165) is 12.4 Å². The van der Waals surface area contributed by atoms with Gasteiger partial charge in [-0.25, -0.2) is 23.4 Å². The number of nitrogens with one attached hydrogen (secondary N) is 1. The zero-order valence-electron chi connectivity index (χ0n) is 7.80. The molecule has 1 aromatic rings. The van der Waals surface area contributed by atoms with Crippen LogP contribution in [0.5, 0.6) is 0 Å². The van der Waals surface area contributed by atoms with Gasteiger partial charge in [-0.05, 0) is 0 Å². The Morgan fingerprint density at radius 2 is 1.86 bits per heavy atom. The lowest BCUT2D eigenvalue weighted by Crippen LogP contribution is -2.36. The van der Waals surface area contributed by atoms with Crippen molar-refractivity contribution < 1.29 is 8.42 Å². The number of nitrogen functional groups attached to an aromatic ring is 1. The van der Waals surface area contributed by atoms with Crippen molar-refractivity contribution in [3.05, 3.63) is 12.4 Å². The molecule has 0 radical (unpaired) electrons. The van der Waals surface area contributed by atoms with Gasteiger partial charge in [-0.15, -0.1) is 4.83 Å². The Morgan fingerprint density at radius 3 is 2.29 bits per heavy atom. The number of sulfonamides is 1. The van der Waals surface area contributed by atoms with Gasteiger partial charge < -0.3 is 5.73 Å². The van der Waals surface area contributed by atoms with Gasteiger partial charge in [-0.3, -0.25) is 0 Å². The lowest BCUT2D eigenvalue weighted by molar-refractivity contribution is 0.364. The van der Waals surface area contributed by atoms with E-state index >= 15 is 0 Å². The fourth-order valence-corrected chi connectivity index (χ4v) is 1.73. The van der Waals surface area contributed by atoms with Gasteiger partial charge in [0.1, 0.15) is 4.90 Å². The standard InChI is InChI=1S/C6H11N5O2S/c1-11(2)10-14(12,13)5-3-8-6(7)9-4-5/h3-4,10H,1-2H3,(H2,7,8,9). The minimum absolute atomic E-state index is 0.0274. The fraction of sp³-hybridized carbons (Fsp3) is 0.333. The molecule has 0 bridgehead atoms. The van der Waals surface area contributed by atoms with Crippen LogP contribution in [0.3, 0.4) is 0 Å². The fourth-order valence-electron chi connectivity index (χ4n) is 0.758. The van der Waals surface area contributed by atoms with Gasteiger partial charge in [0.25, 0.3) is 10.0 Å². The monoisotopic (exact) mass is 217 g/mol. The van der Waals surface area contributed by atoms with Gasteiger partial charge in [0.05, 0.1) is 12.4 Å². The van der Waals surface area contributed by atoms with Crippen LogP contribution in [-0.4, -0.2) is 37.5 Å². The van der Waals surface area contributed by atoms with E-state index in [-0.39, 0.29) is 10.8 Å². The second-order valence-corrected chi connectivity index (χ2v) is 4.43. The third-order valence-corrected chi connectivity index (χ3v) is 2.70. The number of hydrogen-bond donors (Lipinski definition) is 2. The molecule has 1 rings (SSSR count). The molecular formula is C6H11N5O2S. The van der Waals surface area contributed by atoms with Gasteiger partial charge in [0.2, 0.25) is 5.95 Å². The summed E-state index contributed by atoms with van der Waals surface area (Å²) in [6.45, 7) is 0. The van der Waals surface area contributed by atoms with Crippen LogP contribution in [0.25, 0.3) is 0 Å². The summed E-state index contributed by atoms with van der Waals surface area (Å²) >= 11 is 0. The molecule has 0 saturated heterocycles. The average molecular weight is 217 g/mol. The Labute approximate surface area is 82.0 Å². The number of anilines is 1. The highest BCUT2D eigenvalue weighted by molar-refractivity contribution is 7.89. The summed E-state index contributed by atoms with van der Waals surface area (Å²) in [5, 5.41) is 1.31. The molecule has 0 unspecified atom stereocenters. The van der Waals surface area contributed by atoms with E-state index < -0.39 is 10.0 Å². The summed E-state index contributed by atoms with van der Waals surface area (Å²) in [5.41, 5.74) is 5.22. The van der Waals surface area contributed by atoms with E-state index in [0.29, 0.717) is 0 Å². The molecule has 0 aliphatic carbocycles. The summed E-state index contributed by atoms with van der Waals surface area (Å²) in [4.78, 5) is 9.38. The lowest BCUT2D eigenvalue weighted by Gasteiger charge is -2.11. The summed E-state index contributed by atoms with van der Waals surface area (Å²) in [6, 6.07) is 0. The van der Waals surface area contributed by atoms with E-state index in [2.05, 4.69) is 14.8 Å². The predicted octanol–water partition coefficient (Wildman–Crippen LogP) is -1.19. The maximum Gasteiger partial charge on any atom is 0.256 e. The van der Waals surface area contributed by atoms with E-state index in [1.165, 1.54) is 5.01 Å². The van der Waals surface area contributed by atoms with Gasteiger partial charge in [-0.1, -0.05) is 0 Å². The first kappa shape index (κ1) is 10.8. The average Bonchev–Trinajstić information content (AvgIpc) is 2.02. The van der Waals surface area contributed by atoms with Gasteiger partial charge in [0, 0.05) is 14.1 Å². The van der Waals surface area contributed by atoms with Gasteiger partial charge in [0.15, 0.2) is 0 Å². The molecule has 0 saturated carbocycles. The second kappa shape index (κ2) is 3.86. The van der Waals surface area contributed by atoms with Crippen molar-refractivity contribution in [3.63, 3.8) is 0 Å². The number of aromatic nitrogens is 2. The predicted molar refractivity (Wildman–Crippen MR) is 50.5 cm³/mol. The van der Waals surface area contributed by atoms with Crippen molar-refractivity contribution >= 4 is 16.0 Å². The quantitative estimate of drug-likeness (QED) is 0.618. The van der Waals surface area contributed by atoms with Crippen LogP contribution in [0.15, 0.2) is 17.3 Å². The molecule has 14 heavy (non-hydrogen) atoms. The minimum Gasteiger partial charge on any atom is -0.368 e. The number of rotatable bonds is 3. The summed E-state index contributed by atoms with van der Waals surface area (Å²) in [5.74, 6) is 0.0359. The van der Waals surface area contributed by atoms with Crippen LogP contribution in [0.4, 0.5) is 5.95 Å². The molecule has 8 heteroatoms. The highest BCUT2D eigenvalue weighted by atomic mass is 32.2. The maximum atomic E-state index is 11.5. The summed E-state index contributed by atoms with van der Waals surface area (Å²) in [7, 11) is -0.451. The Bertz CT molecular complexity index is 399. The van der Waals surface area contributed by atoms with Crippen molar-refractivity contribution in [2.24, 2.45) is 0 Å². The van der Waals surface area contributed by atoms with Gasteiger partial charge in [-0.2, -0.15) is 0 Å². The minimum atomic E-state index is -3.58. The SMILES string of the molecule is CN(C)NS(=O)(=O)c1cnc(N)nc1. The maximum absolute atomic E-state index is 11.5. The van der Waals surface area contributed by atoms with E-state index in [4.69, 9.17) is 5.73 Å². The topological polar surface area (TPSA) is 101 Å². The van der Waals surface area contributed by atoms with Crippen LogP contribution >= 0.6 is 0 Å². The molecule has 1 aromatic heterocycles. The number of hydrogen-bond acceptors (Lipinski definition) is 6.